The van der Waals surface area contributed by atoms with Crippen molar-refractivity contribution in [3.8, 4) is 0 Å². The summed E-state index contributed by atoms with van der Waals surface area (Å²) in [5.74, 6) is 2.30. The van der Waals surface area contributed by atoms with Crippen molar-refractivity contribution in [1.82, 2.24) is 0 Å². The molecule has 0 bridgehead atoms. The normalized spacial score (nSPS) is 36.3. The third-order valence-electron chi connectivity index (χ3n) is 2.73. The minimum Gasteiger partial charge on any atom is -0.390 e. The molecular formula is C8H14O2S. The Hall–Kier alpha value is 0.270. The van der Waals surface area contributed by atoms with Gasteiger partial charge in [0.05, 0.1) is 18.3 Å². The zero-order valence-electron chi connectivity index (χ0n) is 6.58. The van der Waals surface area contributed by atoms with Gasteiger partial charge in [0.25, 0.3) is 0 Å². The Morgan fingerprint density at radius 2 is 2.09 bits per heavy atom. The van der Waals surface area contributed by atoms with E-state index in [1.165, 1.54) is 0 Å². The zero-order valence-corrected chi connectivity index (χ0v) is 7.40. The number of hydrogen-bond donors (Lipinski definition) is 1. The third kappa shape index (κ3) is 1.30. The van der Waals surface area contributed by atoms with Crippen LogP contribution in [0.5, 0.6) is 0 Å². The van der Waals surface area contributed by atoms with E-state index in [0.29, 0.717) is 0 Å². The molecule has 2 saturated heterocycles. The average Bonchev–Trinajstić information content (AvgIpc) is 2.36. The third-order valence-corrected chi connectivity index (χ3v) is 3.71. The fraction of sp³-hybridized carbons (Fsp3) is 1.00. The van der Waals surface area contributed by atoms with E-state index in [4.69, 9.17) is 4.74 Å². The van der Waals surface area contributed by atoms with Gasteiger partial charge < -0.3 is 9.84 Å². The predicted molar refractivity (Wildman–Crippen MR) is 45.9 cm³/mol. The molecule has 0 aromatic carbocycles. The molecule has 0 aliphatic carbocycles. The van der Waals surface area contributed by atoms with E-state index in [0.717, 1.165) is 37.4 Å². The van der Waals surface area contributed by atoms with E-state index >= 15 is 0 Å². The lowest BCUT2D eigenvalue weighted by Crippen LogP contribution is -2.42. The van der Waals surface area contributed by atoms with Crippen LogP contribution in [0.2, 0.25) is 0 Å². The fourth-order valence-electron chi connectivity index (χ4n) is 1.93. The maximum absolute atomic E-state index is 9.67. The highest BCUT2D eigenvalue weighted by Gasteiger charge is 2.43. The number of hydrogen-bond acceptors (Lipinski definition) is 3. The molecule has 2 rings (SSSR count). The first kappa shape index (κ1) is 7.90. The van der Waals surface area contributed by atoms with Crippen molar-refractivity contribution in [2.45, 2.75) is 31.0 Å². The van der Waals surface area contributed by atoms with Crippen LogP contribution in [0.4, 0.5) is 0 Å². The van der Waals surface area contributed by atoms with Gasteiger partial charge in [-0.3, -0.25) is 0 Å². The van der Waals surface area contributed by atoms with Gasteiger partial charge in [-0.25, -0.2) is 0 Å². The Balaban J connectivity index is 2.06. The van der Waals surface area contributed by atoms with E-state index in [-0.39, 0.29) is 11.7 Å². The minimum atomic E-state index is -0.191. The van der Waals surface area contributed by atoms with Crippen LogP contribution < -0.4 is 0 Å². The molecule has 2 fully saturated rings. The van der Waals surface area contributed by atoms with E-state index in [2.05, 4.69) is 0 Å². The lowest BCUT2D eigenvalue weighted by atomic mass is 9.91. The summed E-state index contributed by atoms with van der Waals surface area (Å²) in [5.41, 5.74) is -0.134. The lowest BCUT2D eigenvalue weighted by Gasteiger charge is -2.34. The van der Waals surface area contributed by atoms with Crippen molar-refractivity contribution in [2.75, 3.05) is 18.1 Å². The molecule has 0 aromatic rings. The molecule has 64 valence electrons. The summed E-state index contributed by atoms with van der Waals surface area (Å²) in [7, 11) is 0. The van der Waals surface area contributed by atoms with Crippen LogP contribution >= 0.6 is 11.8 Å². The largest absolute Gasteiger partial charge is 0.390 e. The zero-order chi connectivity index (χ0) is 7.73. The second-order valence-electron chi connectivity index (χ2n) is 3.33. The molecule has 0 radical (unpaired) electrons. The Kier molecular flexibility index (Phi) is 2.12. The number of rotatable bonds is 0. The molecule has 2 aliphatic rings. The number of aliphatic hydroxyl groups excluding tert-OH is 1. The standard InChI is InChI=1S/C8H14O2S/c9-7-1-4-10-8(7)2-5-11-6-3-8/h7,9H,1-6H2. The summed E-state index contributed by atoms with van der Waals surface area (Å²) < 4.78 is 5.63. The average molecular weight is 174 g/mol. The Morgan fingerprint density at radius 1 is 1.36 bits per heavy atom. The molecule has 1 unspecified atom stereocenters. The summed E-state index contributed by atoms with van der Waals surface area (Å²) in [5, 5.41) is 9.67. The van der Waals surface area contributed by atoms with Crippen LogP contribution in [-0.4, -0.2) is 34.9 Å². The topological polar surface area (TPSA) is 29.5 Å². The van der Waals surface area contributed by atoms with Gasteiger partial charge in [0.1, 0.15) is 0 Å². The molecule has 2 aliphatic heterocycles. The Bertz CT molecular complexity index is 143. The van der Waals surface area contributed by atoms with Crippen molar-refractivity contribution in [2.24, 2.45) is 0 Å². The molecule has 1 N–H and O–H groups in total. The molecule has 0 saturated carbocycles. The Morgan fingerprint density at radius 3 is 2.64 bits per heavy atom. The van der Waals surface area contributed by atoms with Gasteiger partial charge in [0, 0.05) is 0 Å². The van der Waals surface area contributed by atoms with Gasteiger partial charge in [-0.2, -0.15) is 11.8 Å². The molecule has 0 aromatic heterocycles. The van der Waals surface area contributed by atoms with Crippen LogP contribution in [0.1, 0.15) is 19.3 Å². The monoisotopic (exact) mass is 174 g/mol. The van der Waals surface area contributed by atoms with Gasteiger partial charge in [0.15, 0.2) is 0 Å². The second-order valence-corrected chi connectivity index (χ2v) is 4.55. The van der Waals surface area contributed by atoms with Gasteiger partial charge in [-0.1, -0.05) is 0 Å². The van der Waals surface area contributed by atoms with Gasteiger partial charge >= 0.3 is 0 Å². The fourth-order valence-corrected chi connectivity index (χ4v) is 3.11. The number of ether oxygens (including phenoxy) is 1. The van der Waals surface area contributed by atoms with Crippen molar-refractivity contribution in [1.29, 1.82) is 0 Å². The molecule has 1 spiro atoms. The van der Waals surface area contributed by atoms with E-state index < -0.39 is 0 Å². The van der Waals surface area contributed by atoms with Crippen molar-refractivity contribution < 1.29 is 9.84 Å². The maximum atomic E-state index is 9.67. The predicted octanol–water partition coefficient (Wildman–Crippen LogP) is 1.03. The van der Waals surface area contributed by atoms with Crippen LogP contribution in [0, 0.1) is 0 Å². The minimum absolute atomic E-state index is 0.134. The number of aliphatic hydroxyl groups is 1. The Labute approximate surface area is 71.3 Å². The van der Waals surface area contributed by atoms with Crippen LogP contribution in [-0.2, 0) is 4.74 Å². The van der Waals surface area contributed by atoms with Crippen LogP contribution in [0.25, 0.3) is 0 Å². The van der Waals surface area contributed by atoms with Crippen molar-refractivity contribution in [3.63, 3.8) is 0 Å². The highest BCUT2D eigenvalue weighted by Crippen LogP contribution is 2.38. The molecule has 2 heterocycles. The molecule has 11 heavy (non-hydrogen) atoms. The second kappa shape index (κ2) is 2.96. The SMILES string of the molecule is OC1CCOC12CCSCC2. The van der Waals surface area contributed by atoms with E-state index in [9.17, 15) is 5.11 Å². The van der Waals surface area contributed by atoms with Crippen LogP contribution in [0.15, 0.2) is 0 Å². The van der Waals surface area contributed by atoms with Gasteiger partial charge in [0.2, 0.25) is 0 Å². The first-order valence-corrected chi connectivity index (χ1v) is 5.39. The summed E-state index contributed by atoms with van der Waals surface area (Å²) >= 11 is 1.97. The highest BCUT2D eigenvalue weighted by molar-refractivity contribution is 7.99. The molecule has 0 amide bonds. The first-order valence-electron chi connectivity index (χ1n) is 4.23. The smallest absolute Gasteiger partial charge is 0.0956 e. The molecule has 3 heteroatoms. The summed E-state index contributed by atoms with van der Waals surface area (Å²) in [6, 6.07) is 0. The van der Waals surface area contributed by atoms with Crippen molar-refractivity contribution >= 4 is 11.8 Å². The number of thioether (sulfide) groups is 1. The van der Waals surface area contributed by atoms with Crippen LogP contribution in [0.3, 0.4) is 0 Å². The lowest BCUT2D eigenvalue weighted by molar-refractivity contribution is -0.0628. The quantitative estimate of drug-likeness (QED) is 0.595. The first-order chi connectivity index (χ1) is 5.33. The van der Waals surface area contributed by atoms with Gasteiger partial charge in [-0.05, 0) is 30.8 Å². The maximum Gasteiger partial charge on any atom is 0.0956 e. The summed E-state index contributed by atoms with van der Waals surface area (Å²) in [6.45, 7) is 0.756. The molecular weight excluding hydrogens is 160 g/mol. The van der Waals surface area contributed by atoms with E-state index in [1.54, 1.807) is 0 Å². The molecule has 1 atom stereocenters. The van der Waals surface area contributed by atoms with E-state index in [1.807, 2.05) is 11.8 Å². The van der Waals surface area contributed by atoms with Gasteiger partial charge in [-0.15, -0.1) is 0 Å². The molecule has 2 nitrogen and oxygen atoms in total. The highest BCUT2D eigenvalue weighted by atomic mass is 32.2. The summed E-state index contributed by atoms with van der Waals surface area (Å²) in [6.07, 6.45) is 2.73. The van der Waals surface area contributed by atoms with Crippen molar-refractivity contribution in [3.05, 3.63) is 0 Å². The summed E-state index contributed by atoms with van der Waals surface area (Å²) in [4.78, 5) is 0.